The average Bonchev–Trinajstić information content (AvgIpc) is 2.05. The number of ether oxygens (including phenoxy) is 1. The molecular formula is C8H12NOSi. The van der Waals surface area contributed by atoms with Crippen LogP contribution in [0.2, 0.25) is 13.1 Å². The first-order chi connectivity index (χ1) is 5.24. The number of rotatable bonds is 2. The summed E-state index contributed by atoms with van der Waals surface area (Å²) in [5, 5.41) is 1.18. The van der Waals surface area contributed by atoms with Crippen molar-refractivity contribution in [3.8, 4) is 5.75 Å². The van der Waals surface area contributed by atoms with E-state index in [1.54, 1.807) is 13.3 Å². The molecule has 0 aliphatic carbocycles. The van der Waals surface area contributed by atoms with Crippen LogP contribution in [0.4, 0.5) is 0 Å². The van der Waals surface area contributed by atoms with Crippen LogP contribution >= 0.6 is 0 Å². The van der Waals surface area contributed by atoms with E-state index in [0.29, 0.717) is 0 Å². The van der Waals surface area contributed by atoms with E-state index < -0.39 is 8.80 Å². The summed E-state index contributed by atoms with van der Waals surface area (Å²) in [5.74, 6) is 0.904. The van der Waals surface area contributed by atoms with Gasteiger partial charge < -0.3 is 4.74 Å². The predicted octanol–water partition coefficient (Wildman–Crippen LogP) is 1.05. The van der Waals surface area contributed by atoms with Crippen LogP contribution in [0.5, 0.6) is 5.75 Å². The van der Waals surface area contributed by atoms with Gasteiger partial charge in [-0.3, -0.25) is 4.98 Å². The number of methoxy groups -OCH3 is 1. The molecule has 0 fully saturated rings. The molecule has 0 unspecified atom stereocenters. The maximum atomic E-state index is 5.08. The normalized spacial score (nSPS) is 10.2. The molecule has 0 aliphatic heterocycles. The molecule has 1 radical (unpaired) electrons. The molecule has 0 amide bonds. The van der Waals surface area contributed by atoms with Gasteiger partial charge in [0.05, 0.1) is 7.11 Å². The predicted molar refractivity (Wildman–Crippen MR) is 47.9 cm³/mol. The summed E-state index contributed by atoms with van der Waals surface area (Å²) in [6.45, 7) is 4.43. The Morgan fingerprint density at radius 3 is 2.73 bits per heavy atom. The number of hydrogen-bond donors (Lipinski definition) is 0. The summed E-state index contributed by atoms with van der Waals surface area (Å²) < 4.78 is 5.08. The Balaban J connectivity index is 2.91. The molecule has 1 rings (SSSR count). The Labute approximate surface area is 68.8 Å². The van der Waals surface area contributed by atoms with Crippen LogP contribution in [0.3, 0.4) is 0 Å². The molecule has 0 aliphatic rings. The summed E-state index contributed by atoms with van der Waals surface area (Å²) in [6.07, 6.45) is 1.80. The van der Waals surface area contributed by atoms with Gasteiger partial charge in [0.1, 0.15) is 14.5 Å². The van der Waals surface area contributed by atoms with Crippen molar-refractivity contribution in [3.63, 3.8) is 0 Å². The minimum absolute atomic E-state index is 0.435. The molecule has 59 valence electrons. The van der Waals surface area contributed by atoms with E-state index in [-0.39, 0.29) is 0 Å². The van der Waals surface area contributed by atoms with Gasteiger partial charge >= 0.3 is 0 Å². The highest BCUT2D eigenvalue weighted by Gasteiger charge is 2.02. The third-order valence-corrected chi connectivity index (χ3v) is 2.78. The molecule has 0 aromatic carbocycles. The summed E-state index contributed by atoms with van der Waals surface area (Å²) >= 11 is 0. The fraction of sp³-hybridized carbons (Fsp3) is 0.375. The van der Waals surface area contributed by atoms with E-state index in [4.69, 9.17) is 4.74 Å². The zero-order valence-electron chi connectivity index (χ0n) is 7.09. The Bertz CT molecular complexity index is 237. The first-order valence-electron chi connectivity index (χ1n) is 3.54. The SMILES string of the molecule is COc1ccnc([Si](C)C)c1. The molecule has 3 heteroatoms. The quantitative estimate of drug-likeness (QED) is 0.613. The van der Waals surface area contributed by atoms with Gasteiger partial charge in [-0.05, 0) is 12.1 Å². The topological polar surface area (TPSA) is 22.1 Å². The van der Waals surface area contributed by atoms with E-state index in [1.807, 2.05) is 12.1 Å². The average molecular weight is 166 g/mol. The molecule has 0 atom stereocenters. The van der Waals surface area contributed by atoms with Crippen LogP contribution in [0.25, 0.3) is 0 Å². The lowest BCUT2D eigenvalue weighted by Crippen LogP contribution is -2.25. The van der Waals surface area contributed by atoms with Gasteiger partial charge in [0.25, 0.3) is 0 Å². The van der Waals surface area contributed by atoms with Crippen LogP contribution in [0, 0.1) is 0 Å². The van der Waals surface area contributed by atoms with Crippen molar-refractivity contribution < 1.29 is 4.74 Å². The molecule has 0 bridgehead atoms. The Morgan fingerprint density at radius 2 is 2.18 bits per heavy atom. The summed E-state index contributed by atoms with van der Waals surface area (Å²) in [4.78, 5) is 4.25. The molecule has 1 aromatic rings. The van der Waals surface area contributed by atoms with Crippen LogP contribution in [-0.2, 0) is 0 Å². The van der Waals surface area contributed by atoms with E-state index in [9.17, 15) is 0 Å². The fourth-order valence-corrected chi connectivity index (χ4v) is 1.58. The smallest absolute Gasteiger partial charge is 0.121 e. The van der Waals surface area contributed by atoms with Gasteiger partial charge in [-0.15, -0.1) is 0 Å². The number of aromatic nitrogens is 1. The highest BCUT2D eigenvalue weighted by molar-refractivity contribution is 6.69. The molecule has 11 heavy (non-hydrogen) atoms. The van der Waals surface area contributed by atoms with Crippen LogP contribution in [-0.4, -0.2) is 20.9 Å². The number of hydrogen-bond acceptors (Lipinski definition) is 2. The van der Waals surface area contributed by atoms with Gasteiger partial charge in [0.15, 0.2) is 0 Å². The molecule has 0 N–H and O–H groups in total. The number of nitrogens with zero attached hydrogens (tertiary/aromatic N) is 1. The lowest BCUT2D eigenvalue weighted by molar-refractivity contribution is 0.414. The second-order valence-electron chi connectivity index (χ2n) is 2.58. The van der Waals surface area contributed by atoms with Gasteiger partial charge in [0.2, 0.25) is 0 Å². The Kier molecular flexibility index (Phi) is 2.65. The van der Waals surface area contributed by atoms with Crippen molar-refractivity contribution in [2.75, 3.05) is 7.11 Å². The standard InChI is InChI=1S/C8H12NOSi/c1-10-7-4-5-9-8(6-7)11(2)3/h4-6H,1-3H3. The molecular weight excluding hydrogens is 154 g/mol. The first kappa shape index (κ1) is 8.27. The van der Waals surface area contributed by atoms with Crippen LogP contribution < -0.4 is 10.1 Å². The van der Waals surface area contributed by atoms with Crippen molar-refractivity contribution in [2.45, 2.75) is 13.1 Å². The third kappa shape index (κ3) is 2.05. The maximum Gasteiger partial charge on any atom is 0.121 e. The molecule has 1 heterocycles. The van der Waals surface area contributed by atoms with Gasteiger partial charge in [-0.2, -0.15) is 0 Å². The van der Waals surface area contributed by atoms with Crippen molar-refractivity contribution in [3.05, 3.63) is 18.3 Å². The first-order valence-corrected chi connectivity index (χ1v) is 6.04. The minimum Gasteiger partial charge on any atom is -0.497 e. The second kappa shape index (κ2) is 3.53. The summed E-state index contributed by atoms with van der Waals surface area (Å²) in [7, 11) is 1.24. The Morgan fingerprint density at radius 1 is 1.45 bits per heavy atom. The van der Waals surface area contributed by atoms with Gasteiger partial charge in [-0.25, -0.2) is 0 Å². The van der Waals surface area contributed by atoms with Crippen molar-refractivity contribution >= 4 is 14.1 Å². The Hall–Kier alpha value is -0.833. The van der Waals surface area contributed by atoms with Gasteiger partial charge in [-0.1, -0.05) is 13.1 Å². The molecule has 1 aromatic heterocycles. The summed E-state index contributed by atoms with van der Waals surface area (Å²) in [6, 6.07) is 3.88. The highest BCUT2D eigenvalue weighted by atomic mass is 28.3. The van der Waals surface area contributed by atoms with E-state index in [1.165, 1.54) is 5.32 Å². The highest BCUT2D eigenvalue weighted by Crippen LogP contribution is 2.04. The zero-order valence-corrected chi connectivity index (χ0v) is 8.09. The van der Waals surface area contributed by atoms with Crippen LogP contribution in [0.1, 0.15) is 0 Å². The minimum atomic E-state index is -0.435. The summed E-state index contributed by atoms with van der Waals surface area (Å²) in [5.41, 5.74) is 0. The second-order valence-corrected chi connectivity index (χ2v) is 5.09. The third-order valence-electron chi connectivity index (χ3n) is 1.48. The maximum absolute atomic E-state index is 5.08. The van der Waals surface area contributed by atoms with Crippen LogP contribution in [0.15, 0.2) is 18.3 Å². The fourth-order valence-electron chi connectivity index (χ4n) is 0.812. The van der Waals surface area contributed by atoms with Crippen molar-refractivity contribution in [1.82, 2.24) is 4.98 Å². The van der Waals surface area contributed by atoms with E-state index >= 15 is 0 Å². The van der Waals surface area contributed by atoms with Gasteiger partial charge in [0, 0.05) is 11.5 Å². The largest absolute Gasteiger partial charge is 0.497 e. The monoisotopic (exact) mass is 166 g/mol. The molecule has 0 saturated carbocycles. The van der Waals surface area contributed by atoms with E-state index in [2.05, 4.69) is 18.1 Å². The zero-order chi connectivity index (χ0) is 8.27. The van der Waals surface area contributed by atoms with Crippen molar-refractivity contribution in [2.24, 2.45) is 0 Å². The van der Waals surface area contributed by atoms with Crippen molar-refractivity contribution in [1.29, 1.82) is 0 Å². The molecule has 0 spiro atoms. The number of pyridine rings is 1. The van der Waals surface area contributed by atoms with E-state index in [0.717, 1.165) is 5.75 Å². The molecule has 0 saturated heterocycles. The lowest BCUT2D eigenvalue weighted by Gasteiger charge is -2.03. The molecule has 2 nitrogen and oxygen atoms in total. The lowest BCUT2D eigenvalue weighted by atomic mass is 10.5.